The van der Waals surface area contributed by atoms with E-state index in [9.17, 15) is 9.59 Å². The molecule has 0 bridgehead atoms. The monoisotopic (exact) mass is 288 g/mol. The molecule has 0 saturated carbocycles. The van der Waals surface area contributed by atoms with Gasteiger partial charge >= 0.3 is 0 Å². The van der Waals surface area contributed by atoms with E-state index in [1.165, 1.54) is 0 Å². The number of halogens is 1. The van der Waals surface area contributed by atoms with Gasteiger partial charge in [0.05, 0.1) is 12.1 Å². The Morgan fingerprint density at radius 3 is 2.37 bits per heavy atom. The first kappa shape index (κ1) is 16.4. The van der Waals surface area contributed by atoms with Crippen LogP contribution in [0.3, 0.4) is 0 Å². The number of carbonyl (C=O) groups is 2. The molecule has 2 fully saturated rings. The van der Waals surface area contributed by atoms with Crippen molar-refractivity contribution in [1.82, 2.24) is 10.2 Å². The van der Waals surface area contributed by atoms with Crippen LogP contribution in [-0.2, 0) is 9.59 Å². The molecule has 5 heteroatoms. The number of carbonyl (C=O) groups excluding carboxylic acids is 2. The van der Waals surface area contributed by atoms with Gasteiger partial charge in [-0.25, -0.2) is 0 Å². The normalized spacial score (nSPS) is 27.2. The summed E-state index contributed by atoms with van der Waals surface area (Å²) in [4.78, 5) is 26.6. The van der Waals surface area contributed by atoms with E-state index in [1.54, 1.807) is 0 Å². The van der Waals surface area contributed by atoms with E-state index in [-0.39, 0.29) is 41.6 Å². The Bertz CT molecular complexity index is 346. The molecule has 0 spiro atoms. The van der Waals surface area contributed by atoms with Crippen LogP contribution < -0.4 is 5.32 Å². The number of Topliss-reactive ketones (excluding diaryl/α,β-unsaturated/α-hetero) is 1. The van der Waals surface area contributed by atoms with Crippen LogP contribution in [0.1, 0.15) is 46.5 Å². The van der Waals surface area contributed by atoms with Gasteiger partial charge in [-0.1, -0.05) is 20.8 Å². The summed E-state index contributed by atoms with van der Waals surface area (Å²) in [6, 6.07) is -0.252. The molecule has 1 amide bonds. The maximum atomic E-state index is 12.4. The van der Waals surface area contributed by atoms with Crippen molar-refractivity contribution in [3.63, 3.8) is 0 Å². The van der Waals surface area contributed by atoms with Gasteiger partial charge in [0.1, 0.15) is 0 Å². The summed E-state index contributed by atoms with van der Waals surface area (Å²) in [5.74, 6) is 0.332. The smallest absolute Gasteiger partial charge is 0.240 e. The molecule has 2 aliphatic rings. The predicted molar refractivity (Wildman–Crippen MR) is 77.5 cm³/mol. The number of likely N-dealkylation sites (tertiary alicyclic amines) is 1. The van der Waals surface area contributed by atoms with E-state index >= 15 is 0 Å². The minimum Gasteiger partial charge on any atom is -0.331 e. The van der Waals surface area contributed by atoms with Crippen molar-refractivity contribution in [3.8, 4) is 0 Å². The summed E-state index contributed by atoms with van der Waals surface area (Å²) in [5, 5.41) is 3.23. The summed E-state index contributed by atoms with van der Waals surface area (Å²) in [6.45, 7) is 7.46. The molecule has 2 saturated heterocycles. The van der Waals surface area contributed by atoms with Crippen LogP contribution in [0.4, 0.5) is 0 Å². The van der Waals surface area contributed by atoms with Crippen molar-refractivity contribution in [3.05, 3.63) is 0 Å². The summed E-state index contributed by atoms with van der Waals surface area (Å²) < 4.78 is 0. The van der Waals surface area contributed by atoms with Crippen LogP contribution in [-0.4, -0.2) is 41.8 Å². The highest BCUT2D eigenvalue weighted by Crippen LogP contribution is 2.27. The molecule has 0 aromatic rings. The molecule has 0 aromatic carbocycles. The van der Waals surface area contributed by atoms with Gasteiger partial charge in [-0.3, -0.25) is 9.59 Å². The van der Waals surface area contributed by atoms with Crippen molar-refractivity contribution in [2.24, 2.45) is 5.41 Å². The predicted octanol–water partition coefficient (Wildman–Crippen LogP) is 1.77. The summed E-state index contributed by atoms with van der Waals surface area (Å²) in [7, 11) is 0. The highest BCUT2D eigenvalue weighted by Gasteiger charge is 2.40. The second-order valence-corrected chi connectivity index (χ2v) is 6.45. The number of hydrogen-bond acceptors (Lipinski definition) is 3. The van der Waals surface area contributed by atoms with Crippen molar-refractivity contribution in [2.45, 2.75) is 58.5 Å². The van der Waals surface area contributed by atoms with E-state index in [2.05, 4.69) is 5.32 Å². The average Bonchev–Trinajstić information content (AvgIpc) is 2.97. The molecule has 2 atom stereocenters. The highest BCUT2D eigenvalue weighted by atomic mass is 35.5. The van der Waals surface area contributed by atoms with Gasteiger partial charge in [-0.15, -0.1) is 12.4 Å². The molecule has 2 aliphatic heterocycles. The Hall–Kier alpha value is -0.610. The number of rotatable bonds is 2. The van der Waals surface area contributed by atoms with Crippen LogP contribution >= 0.6 is 12.4 Å². The first-order valence-corrected chi connectivity index (χ1v) is 6.99. The van der Waals surface area contributed by atoms with Gasteiger partial charge in [-0.2, -0.15) is 0 Å². The zero-order valence-corrected chi connectivity index (χ0v) is 12.9. The lowest BCUT2D eigenvalue weighted by Crippen LogP contribution is -2.50. The second kappa shape index (κ2) is 6.23. The minimum absolute atomic E-state index is 0. The molecule has 0 radical (unpaired) electrons. The number of hydrogen-bond donors (Lipinski definition) is 1. The van der Waals surface area contributed by atoms with Crippen molar-refractivity contribution >= 4 is 24.1 Å². The zero-order valence-electron chi connectivity index (χ0n) is 12.1. The molecule has 19 heavy (non-hydrogen) atoms. The Morgan fingerprint density at radius 2 is 1.84 bits per heavy atom. The van der Waals surface area contributed by atoms with Crippen LogP contribution in [0.2, 0.25) is 0 Å². The molecule has 1 unspecified atom stereocenters. The maximum Gasteiger partial charge on any atom is 0.240 e. The third-order valence-corrected chi connectivity index (χ3v) is 3.94. The zero-order chi connectivity index (χ0) is 13.3. The molecule has 4 nitrogen and oxygen atoms in total. The second-order valence-electron chi connectivity index (χ2n) is 6.45. The highest BCUT2D eigenvalue weighted by molar-refractivity contribution is 5.94. The standard InChI is InChI=1S/C14H24N2O2.ClH/c1-14(2,3)12(17)11-7-5-9-16(11)13(18)10-6-4-8-15-10;/h10-11,15H,4-9H2,1-3H3;1H/t10?,11-;/m0./s1. The topological polar surface area (TPSA) is 49.4 Å². The molecule has 0 aliphatic carbocycles. The fraction of sp³-hybridized carbons (Fsp3) is 0.857. The Kier molecular flexibility index (Phi) is 5.39. The van der Waals surface area contributed by atoms with Crippen molar-refractivity contribution in [2.75, 3.05) is 13.1 Å². The maximum absolute atomic E-state index is 12.4. The van der Waals surface area contributed by atoms with Crippen LogP contribution in [0.15, 0.2) is 0 Å². The lowest BCUT2D eigenvalue weighted by molar-refractivity contribution is -0.141. The Labute approximate surface area is 121 Å². The number of nitrogens with one attached hydrogen (secondary N) is 1. The van der Waals surface area contributed by atoms with Gasteiger partial charge in [-0.05, 0) is 32.2 Å². The third kappa shape index (κ3) is 3.48. The van der Waals surface area contributed by atoms with Gasteiger partial charge < -0.3 is 10.2 Å². The number of ketones is 1. The van der Waals surface area contributed by atoms with Gasteiger partial charge in [0.25, 0.3) is 0 Å². The minimum atomic E-state index is -0.364. The SMILES string of the molecule is CC(C)(C)C(=O)[C@@H]1CCCN1C(=O)C1CCCN1.Cl. The van der Waals surface area contributed by atoms with E-state index in [4.69, 9.17) is 0 Å². The first-order valence-electron chi connectivity index (χ1n) is 6.99. The largest absolute Gasteiger partial charge is 0.331 e. The molecule has 0 aromatic heterocycles. The summed E-state index contributed by atoms with van der Waals surface area (Å²) >= 11 is 0. The molecular formula is C14H25ClN2O2. The molecular weight excluding hydrogens is 264 g/mol. The fourth-order valence-electron chi connectivity index (χ4n) is 2.90. The molecule has 110 valence electrons. The number of nitrogens with zero attached hydrogens (tertiary/aromatic N) is 1. The van der Waals surface area contributed by atoms with Gasteiger partial charge in [0.2, 0.25) is 5.91 Å². The van der Waals surface area contributed by atoms with E-state index in [0.717, 1.165) is 38.8 Å². The van der Waals surface area contributed by atoms with E-state index < -0.39 is 0 Å². The van der Waals surface area contributed by atoms with Crippen LogP contribution in [0.25, 0.3) is 0 Å². The first-order chi connectivity index (χ1) is 8.41. The van der Waals surface area contributed by atoms with Crippen LogP contribution in [0, 0.1) is 5.41 Å². The third-order valence-electron chi connectivity index (χ3n) is 3.94. The lowest BCUT2D eigenvalue weighted by Gasteiger charge is -2.30. The van der Waals surface area contributed by atoms with E-state index in [0.29, 0.717) is 0 Å². The van der Waals surface area contributed by atoms with Crippen molar-refractivity contribution < 1.29 is 9.59 Å². The number of amides is 1. The Morgan fingerprint density at radius 1 is 1.16 bits per heavy atom. The Balaban J connectivity index is 0.00000180. The van der Waals surface area contributed by atoms with Gasteiger partial charge in [0, 0.05) is 12.0 Å². The van der Waals surface area contributed by atoms with Crippen molar-refractivity contribution in [1.29, 1.82) is 0 Å². The van der Waals surface area contributed by atoms with Crippen LogP contribution in [0.5, 0.6) is 0 Å². The molecule has 2 heterocycles. The fourth-order valence-corrected chi connectivity index (χ4v) is 2.90. The average molecular weight is 289 g/mol. The van der Waals surface area contributed by atoms with Gasteiger partial charge in [0.15, 0.2) is 5.78 Å². The summed E-state index contributed by atoms with van der Waals surface area (Å²) in [6.07, 6.45) is 3.74. The quantitative estimate of drug-likeness (QED) is 0.842. The summed E-state index contributed by atoms with van der Waals surface area (Å²) in [5.41, 5.74) is -0.364. The molecule has 2 rings (SSSR count). The van der Waals surface area contributed by atoms with E-state index in [1.807, 2.05) is 25.7 Å². The molecule has 1 N–H and O–H groups in total. The lowest BCUT2D eigenvalue weighted by atomic mass is 9.85.